The zero-order valence-corrected chi connectivity index (χ0v) is 18.0. The van der Waals surface area contributed by atoms with Gasteiger partial charge in [0.2, 0.25) is 0 Å². The molecule has 0 bridgehead atoms. The molecule has 0 saturated carbocycles. The lowest BCUT2D eigenvalue weighted by atomic mass is 9.93. The molecule has 1 atom stereocenters. The number of ether oxygens (including phenoxy) is 2. The molecule has 1 unspecified atom stereocenters. The summed E-state index contributed by atoms with van der Waals surface area (Å²) >= 11 is 0. The number of rotatable bonds is 5. The van der Waals surface area contributed by atoms with Gasteiger partial charge in [0.05, 0.1) is 7.11 Å². The lowest BCUT2D eigenvalue weighted by molar-refractivity contribution is -0.144. The van der Waals surface area contributed by atoms with Crippen LogP contribution in [0.25, 0.3) is 0 Å². The highest BCUT2D eigenvalue weighted by Crippen LogP contribution is 2.30. The minimum atomic E-state index is -0.492. The van der Waals surface area contributed by atoms with Crippen molar-refractivity contribution in [3.8, 4) is 0 Å². The number of methoxy groups -OCH3 is 1. The fourth-order valence-corrected chi connectivity index (χ4v) is 3.39. The van der Waals surface area contributed by atoms with Crippen LogP contribution in [0, 0.1) is 5.92 Å². The molecule has 28 heavy (non-hydrogen) atoms. The summed E-state index contributed by atoms with van der Waals surface area (Å²) in [5, 5.41) is 4.15. The molecule has 0 N–H and O–H groups in total. The van der Waals surface area contributed by atoms with E-state index in [1.807, 2.05) is 52.6 Å². The van der Waals surface area contributed by atoms with E-state index in [2.05, 4.69) is 5.16 Å². The van der Waals surface area contributed by atoms with Crippen molar-refractivity contribution in [2.24, 2.45) is 5.92 Å². The normalized spacial score (nSPS) is 16.8. The number of carbonyl (C=O) groups is 2. The van der Waals surface area contributed by atoms with Crippen molar-refractivity contribution in [1.29, 1.82) is 0 Å². The number of esters is 1. The molecule has 158 valence electrons. The van der Waals surface area contributed by atoms with E-state index < -0.39 is 11.5 Å². The summed E-state index contributed by atoms with van der Waals surface area (Å²) in [5.74, 6) is 0.422. The van der Waals surface area contributed by atoms with Gasteiger partial charge in [0.15, 0.2) is 11.6 Å². The molecule has 1 aliphatic heterocycles. The second-order valence-electron chi connectivity index (χ2n) is 8.64. The molecule has 2 heterocycles. The molecule has 0 radical (unpaired) electrons. The first-order chi connectivity index (χ1) is 13.0. The number of amides is 1. The molecule has 1 saturated heterocycles. The van der Waals surface area contributed by atoms with Crippen molar-refractivity contribution in [1.82, 2.24) is 10.1 Å². The van der Waals surface area contributed by atoms with E-state index in [4.69, 9.17) is 14.0 Å². The van der Waals surface area contributed by atoms with Gasteiger partial charge in [-0.05, 0) is 39.5 Å². The van der Waals surface area contributed by atoms with Crippen LogP contribution in [0.1, 0.15) is 59.1 Å². The Morgan fingerprint density at radius 2 is 1.89 bits per heavy atom. The predicted molar refractivity (Wildman–Crippen MR) is 105 cm³/mol. The highest BCUT2D eigenvalue weighted by molar-refractivity contribution is 5.77. The minimum Gasteiger partial charge on any atom is -0.468 e. The van der Waals surface area contributed by atoms with Crippen LogP contribution in [0.2, 0.25) is 0 Å². The van der Waals surface area contributed by atoms with Crippen LogP contribution in [0.4, 0.5) is 10.6 Å². The van der Waals surface area contributed by atoms with E-state index in [9.17, 15) is 9.59 Å². The topological polar surface area (TPSA) is 85.1 Å². The predicted octanol–water partition coefficient (Wildman–Crippen LogP) is 3.42. The summed E-state index contributed by atoms with van der Waals surface area (Å²) in [6.07, 6.45) is 1.35. The largest absolute Gasteiger partial charge is 0.468 e. The average Bonchev–Trinajstić information content (AvgIpc) is 3.08. The van der Waals surface area contributed by atoms with Crippen molar-refractivity contribution in [3.05, 3.63) is 11.8 Å². The van der Waals surface area contributed by atoms with Gasteiger partial charge in [-0.1, -0.05) is 19.0 Å². The molecule has 8 nitrogen and oxygen atoms in total. The Morgan fingerprint density at radius 3 is 2.39 bits per heavy atom. The fraction of sp³-hybridized carbons (Fsp3) is 0.750. The first kappa shape index (κ1) is 22.0. The maximum atomic E-state index is 12.2. The Balaban J connectivity index is 1.99. The first-order valence-corrected chi connectivity index (χ1v) is 9.78. The Kier molecular flexibility index (Phi) is 6.96. The van der Waals surface area contributed by atoms with Gasteiger partial charge in [-0.15, -0.1) is 0 Å². The molecule has 1 amide bonds. The summed E-state index contributed by atoms with van der Waals surface area (Å²) in [5.41, 5.74) is -0.492. The minimum absolute atomic E-state index is 0.0376. The van der Waals surface area contributed by atoms with Crippen LogP contribution >= 0.6 is 0 Å². The Morgan fingerprint density at radius 1 is 1.29 bits per heavy atom. The smallest absolute Gasteiger partial charge is 0.410 e. The van der Waals surface area contributed by atoms with Gasteiger partial charge in [-0.2, -0.15) is 0 Å². The van der Waals surface area contributed by atoms with Crippen molar-refractivity contribution in [2.75, 3.05) is 32.1 Å². The van der Waals surface area contributed by atoms with Crippen LogP contribution in [0.3, 0.4) is 0 Å². The number of piperidine rings is 1. The maximum Gasteiger partial charge on any atom is 0.410 e. The summed E-state index contributed by atoms with van der Waals surface area (Å²) in [6.45, 7) is 10.8. The third-order valence-electron chi connectivity index (χ3n) is 4.97. The van der Waals surface area contributed by atoms with Crippen LogP contribution in [-0.4, -0.2) is 61.0 Å². The summed E-state index contributed by atoms with van der Waals surface area (Å²) in [4.78, 5) is 28.1. The molecular weight excluding hydrogens is 362 g/mol. The van der Waals surface area contributed by atoms with Gasteiger partial charge in [0.25, 0.3) is 0 Å². The maximum absolute atomic E-state index is 12.2. The van der Waals surface area contributed by atoms with E-state index in [1.54, 1.807) is 4.90 Å². The van der Waals surface area contributed by atoms with Crippen LogP contribution in [0.15, 0.2) is 10.6 Å². The third-order valence-corrected chi connectivity index (χ3v) is 4.97. The molecule has 0 spiro atoms. The first-order valence-electron chi connectivity index (χ1n) is 9.78. The molecule has 1 aromatic rings. The van der Waals surface area contributed by atoms with E-state index in [0.717, 1.165) is 12.8 Å². The van der Waals surface area contributed by atoms with Gasteiger partial charge in [0.1, 0.15) is 11.5 Å². The van der Waals surface area contributed by atoms with Gasteiger partial charge >= 0.3 is 12.1 Å². The van der Waals surface area contributed by atoms with Crippen LogP contribution in [0.5, 0.6) is 0 Å². The number of carbonyl (C=O) groups excluding carboxylic acids is 2. The van der Waals surface area contributed by atoms with Gasteiger partial charge < -0.3 is 23.8 Å². The number of nitrogens with zero attached hydrogens (tertiary/aromatic N) is 3. The lowest BCUT2D eigenvalue weighted by Gasteiger charge is -2.37. The molecular formula is C20H33N3O5. The second-order valence-corrected chi connectivity index (χ2v) is 8.64. The second kappa shape index (κ2) is 8.84. The Hall–Kier alpha value is -2.25. The van der Waals surface area contributed by atoms with E-state index in [0.29, 0.717) is 24.7 Å². The molecule has 1 aromatic heterocycles. The standard InChI is InChI=1S/C20H33N3O5/c1-13(2)17(18(24)26-7)15-12-16(21-28-15)22(6)14-8-10-23(11-9-14)19(25)27-20(3,4)5/h12-14,17H,8-11H2,1-7H3. The number of hydrogen-bond donors (Lipinski definition) is 0. The fourth-order valence-electron chi connectivity index (χ4n) is 3.39. The molecule has 8 heteroatoms. The highest BCUT2D eigenvalue weighted by Gasteiger charge is 2.32. The van der Waals surface area contributed by atoms with Gasteiger partial charge in [-0.3, -0.25) is 4.79 Å². The number of hydrogen-bond acceptors (Lipinski definition) is 7. The van der Waals surface area contributed by atoms with Crippen molar-refractivity contribution in [3.63, 3.8) is 0 Å². The van der Waals surface area contributed by atoms with E-state index >= 15 is 0 Å². The van der Waals surface area contributed by atoms with Gasteiger partial charge in [0, 0.05) is 32.2 Å². The third kappa shape index (κ3) is 5.39. The molecule has 0 aliphatic carbocycles. The Bertz CT molecular complexity index is 672. The lowest BCUT2D eigenvalue weighted by Crippen LogP contribution is -2.47. The van der Waals surface area contributed by atoms with Crippen molar-refractivity contribution >= 4 is 17.9 Å². The quantitative estimate of drug-likeness (QED) is 0.706. The molecule has 1 fully saturated rings. The SMILES string of the molecule is COC(=O)C(c1cc(N(C)C2CCN(C(=O)OC(C)(C)C)CC2)no1)C(C)C. The summed E-state index contributed by atoms with van der Waals surface area (Å²) in [7, 11) is 3.33. The molecule has 0 aromatic carbocycles. The monoisotopic (exact) mass is 395 g/mol. The molecule has 2 rings (SSSR count). The zero-order chi connectivity index (χ0) is 21.1. The summed E-state index contributed by atoms with van der Waals surface area (Å²) in [6, 6.07) is 2.04. The highest BCUT2D eigenvalue weighted by atomic mass is 16.6. The van der Waals surface area contributed by atoms with E-state index in [-0.39, 0.29) is 24.0 Å². The average molecular weight is 396 g/mol. The number of aromatic nitrogens is 1. The van der Waals surface area contributed by atoms with Crippen LogP contribution < -0.4 is 4.90 Å². The van der Waals surface area contributed by atoms with Crippen molar-refractivity contribution in [2.45, 2.75) is 65.0 Å². The number of likely N-dealkylation sites (tertiary alicyclic amines) is 1. The van der Waals surface area contributed by atoms with Crippen LogP contribution in [-0.2, 0) is 14.3 Å². The zero-order valence-electron chi connectivity index (χ0n) is 18.0. The summed E-state index contributed by atoms with van der Waals surface area (Å²) < 4.78 is 15.8. The van der Waals surface area contributed by atoms with Crippen molar-refractivity contribution < 1.29 is 23.6 Å². The molecule has 1 aliphatic rings. The number of anilines is 1. The Labute approximate surface area is 167 Å². The van der Waals surface area contributed by atoms with Gasteiger partial charge in [-0.25, -0.2) is 4.79 Å². The van der Waals surface area contributed by atoms with E-state index in [1.165, 1.54) is 7.11 Å².